The second kappa shape index (κ2) is 8.53. The highest BCUT2D eigenvalue weighted by molar-refractivity contribution is 9.10. The Hall–Kier alpha value is -2.78. The molecule has 4 rings (SSSR count). The predicted molar refractivity (Wildman–Crippen MR) is 122 cm³/mol. The fourth-order valence-electron chi connectivity index (χ4n) is 3.40. The van der Waals surface area contributed by atoms with Gasteiger partial charge in [-0.05, 0) is 43.0 Å². The number of nitrogens with zero attached hydrogens (tertiary/aromatic N) is 3. The van der Waals surface area contributed by atoms with Gasteiger partial charge in [0.15, 0.2) is 0 Å². The number of nitrogens with one attached hydrogen (secondary N) is 2. The molecule has 0 saturated carbocycles. The van der Waals surface area contributed by atoms with Gasteiger partial charge in [-0.2, -0.15) is 4.98 Å². The summed E-state index contributed by atoms with van der Waals surface area (Å²) < 4.78 is 8.10. The summed E-state index contributed by atoms with van der Waals surface area (Å²) in [7, 11) is 1.58. The van der Waals surface area contributed by atoms with E-state index in [2.05, 4.69) is 36.6 Å². The van der Waals surface area contributed by atoms with E-state index in [0.717, 1.165) is 15.7 Å². The topological polar surface area (TPSA) is 81.1 Å². The summed E-state index contributed by atoms with van der Waals surface area (Å²) in [6.45, 7) is 1.87. The summed E-state index contributed by atoms with van der Waals surface area (Å²) in [4.78, 5) is 18.0. The van der Waals surface area contributed by atoms with Gasteiger partial charge in [0.05, 0.1) is 18.4 Å². The largest absolute Gasteiger partial charge is 0.495 e. The highest BCUT2D eigenvalue weighted by atomic mass is 79.9. The van der Waals surface area contributed by atoms with Gasteiger partial charge < -0.3 is 15.4 Å². The van der Waals surface area contributed by atoms with Gasteiger partial charge in [0.2, 0.25) is 11.1 Å². The second-order valence-electron chi connectivity index (χ2n) is 6.64. The first-order chi connectivity index (χ1) is 14.5. The molecule has 154 valence electrons. The first kappa shape index (κ1) is 20.5. The van der Waals surface area contributed by atoms with Crippen molar-refractivity contribution in [3.8, 4) is 5.75 Å². The minimum absolute atomic E-state index is 0.232. The van der Waals surface area contributed by atoms with E-state index >= 15 is 0 Å². The molecule has 30 heavy (non-hydrogen) atoms. The van der Waals surface area contributed by atoms with E-state index in [-0.39, 0.29) is 5.91 Å². The summed E-state index contributed by atoms with van der Waals surface area (Å²) >= 11 is 4.93. The van der Waals surface area contributed by atoms with E-state index in [1.807, 2.05) is 61.7 Å². The monoisotopic (exact) mass is 485 g/mol. The van der Waals surface area contributed by atoms with E-state index in [0.29, 0.717) is 28.1 Å². The van der Waals surface area contributed by atoms with Gasteiger partial charge >= 0.3 is 0 Å². The van der Waals surface area contributed by atoms with Crippen molar-refractivity contribution in [3.05, 3.63) is 69.8 Å². The lowest BCUT2D eigenvalue weighted by Gasteiger charge is -2.28. The third-order valence-electron chi connectivity index (χ3n) is 4.80. The van der Waals surface area contributed by atoms with Gasteiger partial charge in [-0.15, -0.1) is 5.10 Å². The highest BCUT2D eigenvalue weighted by Gasteiger charge is 2.34. The fourth-order valence-corrected chi connectivity index (χ4v) is 4.01. The molecule has 7 nitrogen and oxygen atoms in total. The number of thioether (sulfide) groups is 1. The Morgan fingerprint density at radius 1 is 1.23 bits per heavy atom. The standard InChI is InChI=1S/C21H20BrN5O2S/c1-12-17(19(28)24-15-6-4-5-7-16(15)29-2)18(13-8-10-14(22)11-9-13)27-20(23-12)25-21(26-27)30-3/h4-11,18H,1-3H3,(H,24,28)(H,23,25,26). The minimum atomic E-state index is -0.419. The quantitative estimate of drug-likeness (QED) is 0.509. The van der Waals surface area contributed by atoms with E-state index in [1.54, 1.807) is 11.8 Å². The Labute approximate surface area is 187 Å². The molecule has 1 unspecified atom stereocenters. The Balaban J connectivity index is 1.79. The lowest BCUT2D eigenvalue weighted by molar-refractivity contribution is -0.113. The van der Waals surface area contributed by atoms with E-state index < -0.39 is 6.04 Å². The molecule has 1 aromatic heterocycles. The number of carbonyl (C=O) groups is 1. The Morgan fingerprint density at radius 3 is 2.67 bits per heavy atom. The SMILES string of the molecule is COc1ccccc1NC(=O)C1=C(C)Nc2nc(SC)nn2C1c1ccc(Br)cc1. The molecule has 1 aliphatic rings. The van der Waals surface area contributed by atoms with Crippen LogP contribution in [0.5, 0.6) is 5.75 Å². The smallest absolute Gasteiger partial charge is 0.255 e. The Kier molecular flexibility index (Phi) is 5.83. The zero-order valence-electron chi connectivity index (χ0n) is 16.6. The second-order valence-corrected chi connectivity index (χ2v) is 8.33. The molecule has 1 atom stereocenters. The summed E-state index contributed by atoms with van der Waals surface area (Å²) in [5.74, 6) is 0.974. The van der Waals surface area contributed by atoms with Crippen LogP contribution < -0.4 is 15.4 Å². The van der Waals surface area contributed by atoms with Crippen molar-refractivity contribution >= 4 is 45.2 Å². The summed E-state index contributed by atoms with van der Waals surface area (Å²) in [5.41, 5.74) is 2.83. The van der Waals surface area contributed by atoms with Gasteiger partial charge in [-0.3, -0.25) is 4.79 Å². The van der Waals surface area contributed by atoms with Crippen LogP contribution in [0.15, 0.2) is 69.4 Å². The normalized spacial score (nSPS) is 15.4. The zero-order chi connectivity index (χ0) is 21.3. The van der Waals surface area contributed by atoms with Gasteiger partial charge in [0.25, 0.3) is 5.91 Å². The molecule has 0 saturated heterocycles. The predicted octanol–water partition coefficient (Wildman–Crippen LogP) is 4.70. The number of carbonyl (C=O) groups excluding carboxylic acids is 1. The molecule has 9 heteroatoms. The lowest BCUT2D eigenvalue weighted by Crippen LogP contribution is -2.31. The van der Waals surface area contributed by atoms with Gasteiger partial charge in [-0.1, -0.05) is 52.0 Å². The maximum atomic E-state index is 13.4. The summed E-state index contributed by atoms with van der Waals surface area (Å²) in [5, 5.41) is 11.5. The van der Waals surface area contributed by atoms with Crippen molar-refractivity contribution in [3.63, 3.8) is 0 Å². The molecule has 3 aromatic rings. The number of aromatic nitrogens is 3. The number of ether oxygens (including phenoxy) is 1. The molecule has 0 aliphatic carbocycles. The number of hydrogen-bond donors (Lipinski definition) is 2. The number of halogens is 1. The molecule has 1 amide bonds. The third-order valence-corrected chi connectivity index (χ3v) is 5.87. The van der Waals surface area contributed by atoms with Crippen molar-refractivity contribution in [2.75, 3.05) is 24.0 Å². The van der Waals surface area contributed by atoms with Crippen LogP contribution in [0.4, 0.5) is 11.6 Å². The average molecular weight is 486 g/mol. The molecule has 0 fully saturated rings. The van der Waals surface area contributed by atoms with Crippen LogP contribution in [-0.2, 0) is 4.79 Å². The van der Waals surface area contributed by atoms with E-state index in [4.69, 9.17) is 4.74 Å². The molecule has 2 N–H and O–H groups in total. The van der Waals surface area contributed by atoms with Gasteiger partial charge in [-0.25, -0.2) is 4.68 Å². The highest BCUT2D eigenvalue weighted by Crippen LogP contribution is 2.37. The number of anilines is 2. The summed E-state index contributed by atoms with van der Waals surface area (Å²) in [6.07, 6.45) is 1.92. The Bertz CT molecular complexity index is 1130. The van der Waals surface area contributed by atoms with Crippen molar-refractivity contribution in [2.24, 2.45) is 0 Å². The van der Waals surface area contributed by atoms with Crippen LogP contribution in [0.2, 0.25) is 0 Å². The maximum Gasteiger partial charge on any atom is 0.255 e. The molecule has 2 aromatic carbocycles. The third kappa shape index (κ3) is 3.82. The van der Waals surface area contributed by atoms with E-state index in [1.165, 1.54) is 11.8 Å². The van der Waals surface area contributed by atoms with Crippen molar-refractivity contribution in [1.82, 2.24) is 14.8 Å². The number of amides is 1. The fraction of sp³-hybridized carbons (Fsp3) is 0.190. The molecular formula is C21H20BrN5O2S. The maximum absolute atomic E-state index is 13.4. The van der Waals surface area contributed by atoms with Crippen LogP contribution in [0.1, 0.15) is 18.5 Å². The van der Waals surface area contributed by atoms with E-state index in [9.17, 15) is 4.79 Å². The molecular weight excluding hydrogens is 466 g/mol. The Morgan fingerprint density at radius 2 is 1.97 bits per heavy atom. The first-order valence-corrected chi connectivity index (χ1v) is 11.2. The number of benzene rings is 2. The van der Waals surface area contributed by atoms with Crippen molar-refractivity contribution in [2.45, 2.75) is 18.1 Å². The molecule has 1 aliphatic heterocycles. The van der Waals surface area contributed by atoms with Crippen LogP contribution in [0, 0.1) is 0 Å². The van der Waals surface area contributed by atoms with Gasteiger partial charge in [0.1, 0.15) is 11.8 Å². The van der Waals surface area contributed by atoms with Crippen molar-refractivity contribution < 1.29 is 9.53 Å². The average Bonchev–Trinajstić information content (AvgIpc) is 3.16. The number of hydrogen-bond acceptors (Lipinski definition) is 6. The van der Waals surface area contributed by atoms with Crippen LogP contribution in [0.3, 0.4) is 0 Å². The molecule has 0 radical (unpaired) electrons. The van der Waals surface area contributed by atoms with Crippen molar-refractivity contribution in [1.29, 1.82) is 0 Å². The molecule has 0 spiro atoms. The number of methoxy groups -OCH3 is 1. The number of rotatable bonds is 5. The zero-order valence-corrected chi connectivity index (χ0v) is 19.0. The van der Waals surface area contributed by atoms with Crippen LogP contribution in [0.25, 0.3) is 0 Å². The number of fused-ring (bicyclic) bond motifs is 1. The molecule has 0 bridgehead atoms. The number of allylic oxidation sites excluding steroid dienone is 1. The first-order valence-electron chi connectivity index (χ1n) is 9.20. The van der Waals surface area contributed by atoms with Crippen LogP contribution >= 0.6 is 27.7 Å². The van der Waals surface area contributed by atoms with Gasteiger partial charge in [0, 0.05) is 10.2 Å². The lowest BCUT2D eigenvalue weighted by atomic mass is 9.95. The van der Waals surface area contributed by atoms with Crippen LogP contribution in [-0.4, -0.2) is 34.0 Å². The summed E-state index contributed by atoms with van der Waals surface area (Å²) in [6, 6.07) is 14.8. The minimum Gasteiger partial charge on any atom is -0.495 e. The number of para-hydroxylation sites is 2. The molecule has 2 heterocycles.